The summed E-state index contributed by atoms with van der Waals surface area (Å²) < 4.78 is 0. The van der Waals surface area contributed by atoms with Crippen LogP contribution >= 0.6 is 10.5 Å². The van der Waals surface area contributed by atoms with Crippen molar-refractivity contribution in [3.63, 3.8) is 0 Å². The Kier molecular flexibility index (Phi) is 8.01. The van der Waals surface area contributed by atoms with Gasteiger partial charge in [-0.05, 0) is 45.1 Å². The molecule has 2 aromatic heterocycles. The number of rotatable bonds is 7. The third kappa shape index (κ3) is 6.15. The minimum absolute atomic E-state index is 0.284. The van der Waals surface area contributed by atoms with Gasteiger partial charge in [0.1, 0.15) is 17.4 Å². The second kappa shape index (κ2) is 11.4. The lowest BCUT2D eigenvalue weighted by Gasteiger charge is -2.39. The van der Waals surface area contributed by atoms with Crippen LogP contribution in [0.5, 0.6) is 0 Å². The van der Waals surface area contributed by atoms with Gasteiger partial charge in [0.25, 0.3) is 10.8 Å². The minimum Gasteiger partial charge on any atom is -0.474 e. The molecule has 1 aromatic carbocycles. The molecule has 3 aromatic rings. The van der Waals surface area contributed by atoms with Crippen LogP contribution in [-0.2, 0) is 12.2 Å². The molecule has 2 aliphatic heterocycles. The van der Waals surface area contributed by atoms with E-state index in [4.69, 9.17) is 15.0 Å². The Morgan fingerprint density at radius 1 is 1.10 bits per heavy atom. The number of aromatic nitrogens is 3. The number of carboxylic acids is 1. The van der Waals surface area contributed by atoms with E-state index in [1.54, 1.807) is 6.92 Å². The van der Waals surface area contributed by atoms with Crippen LogP contribution in [0.3, 0.4) is 0 Å². The summed E-state index contributed by atoms with van der Waals surface area (Å²) in [5.74, 6) is 1.45. The standard InChI is InChI=1S/C28H36N6O4S/c1-3-39-24(25(36)37)19(2)29-27(39)32-26-30-22(33-13-9-21(35)10-14-33)17-23(31-26)34-15-11-28(38,12-16-34)18-20-7-5-4-6-8-20/h4-8,17,21,35,38H,3,9-16,18H2,1-2H3,(H-,29,30,31,32,36,37)/p+1. The number of H-pyrrole nitrogens is 1. The fourth-order valence-electron chi connectivity index (χ4n) is 5.46. The van der Waals surface area contributed by atoms with Crippen LogP contribution in [0, 0.1) is 6.92 Å². The highest BCUT2D eigenvalue weighted by molar-refractivity contribution is 7.30. The largest absolute Gasteiger partial charge is 0.474 e. The van der Waals surface area contributed by atoms with Crippen LogP contribution in [0.1, 0.15) is 53.5 Å². The van der Waals surface area contributed by atoms with Gasteiger partial charge in [-0.3, -0.25) is 4.98 Å². The number of aliphatic hydroxyl groups excluding tert-OH is 1. The van der Waals surface area contributed by atoms with Crippen LogP contribution in [0.4, 0.5) is 17.6 Å². The average Bonchev–Trinajstić information content (AvgIpc) is 3.24. The maximum Gasteiger partial charge on any atom is 0.391 e. The zero-order valence-electron chi connectivity index (χ0n) is 22.5. The van der Waals surface area contributed by atoms with Crippen LogP contribution in [0.15, 0.2) is 41.4 Å². The fraction of sp³-hybridized carbons (Fsp3) is 0.500. The van der Waals surface area contributed by atoms with E-state index >= 15 is 0 Å². The molecule has 0 radical (unpaired) electrons. The van der Waals surface area contributed by atoms with Crippen molar-refractivity contribution in [2.24, 2.45) is 4.99 Å². The lowest BCUT2D eigenvalue weighted by molar-refractivity contribution is 0.0164. The van der Waals surface area contributed by atoms with Crippen LogP contribution in [0.25, 0.3) is 0 Å². The van der Waals surface area contributed by atoms with Gasteiger partial charge in [0.2, 0.25) is 0 Å². The van der Waals surface area contributed by atoms with Crippen molar-refractivity contribution in [1.29, 1.82) is 0 Å². The van der Waals surface area contributed by atoms with Gasteiger partial charge >= 0.3 is 10.8 Å². The summed E-state index contributed by atoms with van der Waals surface area (Å²) >= 11 is 0. The number of piperidine rings is 2. The monoisotopic (exact) mass is 553 g/mol. The summed E-state index contributed by atoms with van der Waals surface area (Å²) in [6.45, 7) is 6.38. The van der Waals surface area contributed by atoms with E-state index in [0.29, 0.717) is 79.4 Å². The predicted octanol–water partition coefficient (Wildman–Crippen LogP) is 3.35. The molecule has 0 aliphatic carbocycles. The van der Waals surface area contributed by atoms with E-state index in [2.05, 4.69) is 26.9 Å². The number of nitrogens with one attached hydrogen (secondary N) is 1. The molecule has 2 fully saturated rings. The number of carboxylic acid groups (broad SMARTS) is 1. The van der Waals surface area contributed by atoms with Gasteiger partial charge in [-0.15, -0.1) is 4.99 Å². The quantitative estimate of drug-likeness (QED) is 0.327. The fourth-order valence-corrected chi connectivity index (χ4v) is 7.32. The second-order valence-electron chi connectivity index (χ2n) is 10.5. The molecule has 39 heavy (non-hydrogen) atoms. The maximum absolute atomic E-state index is 11.9. The normalized spacial score (nSPS) is 19.0. The molecule has 1 atom stereocenters. The van der Waals surface area contributed by atoms with E-state index in [1.807, 2.05) is 31.2 Å². The van der Waals surface area contributed by atoms with Gasteiger partial charge in [0, 0.05) is 49.1 Å². The van der Waals surface area contributed by atoms with Crippen LogP contribution in [-0.4, -0.2) is 74.1 Å². The van der Waals surface area contributed by atoms with Crippen molar-refractivity contribution in [2.45, 2.75) is 63.4 Å². The van der Waals surface area contributed by atoms with Gasteiger partial charge in [0.05, 0.1) is 17.4 Å². The highest BCUT2D eigenvalue weighted by atomic mass is 32.2. The number of hydrogen-bond donors (Lipinski definition) is 4. The zero-order chi connectivity index (χ0) is 27.6. The third-order valence-electron chi connectivity index (χ3n) is 7.67. The summed E-state index contributed by atoms with van der Waals surface area (Å²) in [5.41, 5.74) is 0.962. The van der Waals surface area contributed by atoms with Crippen LogP contribution in [0.2, 0.25) is 0 Å². The minimum atomic E-state index is -0.936. The van der Waals surface area contributed by atoms with Gasteiger partial charge in [0.15, 0.2) is 0 Å². The Hall–Kier alpha value is -3.28. The molecular weight excluding hydrogens is 516 g/mol. The van der Waals surface area contributed by atoms with E-state index in [-0.39, 0.29) is 12.1 Å². The van der Waals surface area contributed by atoms with Gasteiger partial charge < -0.3 is 25.1 Å². The number of nitrogens with zero attached hydrogens (tertiary/aromatic N) is 5. The predicted molar refractivity (Wildman–Crippen MR) is 152 cm³/mol. The van der Waals surface area contributed by atoms with Crippen molar-refractivity contribution in [3.05, 3.63) is 57.3 Å². The molecule has 0 amide bonds. The number of anilines is 2. The molecule has 4 heterocycles. The van der Waals surface area contributed by atoms with E-state index in [9.17, 15) is 20.1 Å². The molecule has 0 bridgehead atoms. The Bertz CT molecular complexity index is 1370. The summed E-state index contributed by atoms with van der Waals surface area (Å²) in [6, 6.07) is 12.1. The molecule has 0 saturated carbocycles. The first-order valence-electron chi connectivity index (χ1n) is 13.6. The molecule has 11 heteroatoms. The molecule has 0 spiro atoms. The van der Waals surface area contributed by atoms with E-state index < -0.39 is 22.0 Å². The van der Waals surface area contributed by atoms with Crippen LogP contribution < -0.4 is 14.6 Å². The lowest BCUT2D eigenvalue weighted by Crippen LogP contribution is -2.46. The number of aryl methyl sites for hydroxylation is 1. The molecular formula is C28H37N6O4S+. The van der Waals surface area contributed by atoms with Crippen molar-refractivity contribution in [1.82, 2.24) is 15.0 Å². The Labute approximate surface area is 230 Å². The van der Waals surface area contributed by atoms with Crippen molar-refractivity contribution in [3.8, 4) is 0 Å². The number of aromatic amines is 1. The highest BCUT2D eigenvalue weighted by Crippen LogP contribution is 2.32. The lowest BCUT2D eigenvalue weighted by atomic mass is 9.85. The van der Waals surface area contributed by atoms with Crippen molar-refractivity contribution >= 4 is 34.0 Å². The summed E-state index contributed by atoms with van der Waals surface area (Å²) in [6.07, 6.45) is 2.90. The molecule has 1 unspecified atom stereocenters. The number of aliphatic hydroxyl groups is 2. The van der Waals surface area contributed by atoms with Crippen molar-refractivity contribution in [2.75, 3.05) is 36.0 Å². The first-order chi connectivity index (χ1) is 18.7. The number of thiazole rings is 1. The number of benzene rings is 1. The van der Waals surface area contributed by atoms with Crippen molar-refractivity contribution < 1.29 is 20.1 Å². The first-order valence-corrected chi connectivity index (χ1v) is 15.0. The second-order valence-corrected chi connectivity index (χ2v) is 12.6. The zero-order valence-corrected chi connectivity index (χ0v) is 23.3. The van der Waals surface area contributed by atoms with Gasteiger partial charge in [-0.1, -0.05) is 30.3 Å². The molecule has 4 N–H and O–H groups in total. The smallest absolute Gasteiger partial charge is 0.391 e. The SMILES string of the molecule is CC[s+]1c(C(=O)O)c(C)[nH]c1=Nc1nc(N2CCC(O)CC2)cc(N2CCC(O)(Cc3ccccc3)CC2)n1. The van der Waals surface area contributed by atoms with Gasteiger partial charge in [-0.25, -0.2) is 4.79 Å². The number of aromatic carboxylic acids is 1. The number of carbonyl (C=O) groups is 1. The first kappa shape index (κ1) is 27.3. The molecule has 208 valence electrons. The number of hydrogen-bond acceptors (Lipinski definition) is 8. The topological polar surface area (TPSA) is 138 Å². The molecule has 10 nitrogen and oxygen atoms in total. The summed E-state index contributed by atoms with van der Waals surface area (Å²) in [4.78, 5) is 34.6. The summed E-state index contributed by atoms with van der Waals surface area (Å²) in [5, 5.41) is 31.0. The highest BCUT2D eigenvalue weighted by Gasteiger charge is 2.34. The van der Waals surface area contributed by atoms with E-state index in [0.717, 1.165) is 17.2 Å². The Balaban J connectivity index is 1.46. The van der Waals surface area contributed by atoms with E-state index in [1.165, 1.54) is 0 Å². The Morgan fingerprint density at radius 3 is 2.31 bits per heavy atom. The van der Waals surface area contributed by atoms with Gasteiger partial charge in [-0.2, -0.15) is 9.97 Å². The third-order valence-corrected chi connectivity index (χ3v) is 9.88. The molecule has 2 saturated heterocycles. The summed E-state index contributed by atoms with van der Waals surface area (Å²) in [7, 11) is -0.682. The molecule has 5 rings (SSSR count). The maximum atomic E-state index is 11.9. The average molecular weight is 554 g/mol. The molecule has 2 aliphatic rings. The Morgan fingerprint density at radius 2 is 1.72 bits per heavy atom.